The summed E-state index contributed by atoms with van der Waals surface area (Å²) in [6.07, 6.45) is 8.48. The minimum absolute atomic E-state index is 0.251. The first-order valence-electron chi connectivity index (χ1n) is 6.51. The van der Waals surface area contributed by atoms with Crippen molar-refractivity contribution in [1.82, 2.24) is 5.32 Å². The lowest BCUT2D eigenvalue weighted by Gasteiger charge is -2.22. The van der Waals surface area contributed by atoms with Crippen LogP contribution >= 0.6 is 23.2 Å². The predicted octanol–water partition coefficient (Wildman–Crippen LogP) is 5.14. The van der Waals surface area contributed by atoms with Crippen molar-refractivity contribution in [3.8, 4) is 0 Å². The van der Waals surface area contributed by atoms with Crippen LogP contribution in [-0.4, -0.2) is 7.05 Å². The van der Waals surface area contributed by atoms with Gasteiger partial charge in [-0.05, 0) is 62.9 Å². The van der Waals surface area contributed by atoms with Gasteiger partial charge < -0.3 is 5.32 Å². The molecule has 98 valence electrons. The number of rotatable bonds is 4. The topological polar surface area (TPSA) is 12.0 Å². The van der Waals surface area contributed by atoms with Crippen LogP contribution < -0.4 is 5.32 Å². The minimum Gasteiger partial charge on any atom is -0.313 e. The van der Waals surface area contributed by atoms with Crippen LogP contribution in [0.25, 0.3) is 0 Å². The van der Waals surface area contributed by atoms with Gasteiger partial charge in [0.2, 0.25) is 0 Å². The molecule has 2 rings (SSSR count). The van der Waals surface area contributed by atoms with Gasteiger partial charge in [0, 0.05) is 16.1 Å². The lowest BCUT2D eigenvalue weighted by atomic mass is 9.91. The fraction of sp³-hybridized carbons (Fsp3) is 0.467. The Balaban J connectivity index is 2.17. The zero-order chi connectivity index (χ0) is 13.0. The molecule has 0 aromatic heterocycles. The van der Waals surface area contributed by atoms with E-state index in [-0.39, 0.29) is 6.04 Å². The van der Waals surface area contributed by atoms with Crippen LogP contribution in [0.4, 0.5) is 0 Å². The van der Waals surface area contributed by atoms with Gasteiger partial charge in [0.1, 0.15) is 0 Å². The molecule has 18 heavy (non-hydrogen) atoms. The second kappa shape index (κ2) is 6.60. The molecule has 1 aliphatic carbocycles. The van der Waals surface area contributed by atoms with Crippen molar-refractivity contribution in [3.05, 3.63) is 45.5 Å². The smallest absolute Gasteiger partial charge is 0.0454 e. The average Bonchev–Trinajstić information content (AvgIpc) is 2.40. The summed E-state index contributed by atoms with van der Waals surface area (Å²) in [6.45, 7) is 0. The third-order valence-corrected chi connectivity index (χ3v) is 4.11. The monoisotopic (exact) mass is 283 g/mol. The van der Waals surface area contributed by atoms with Gasteiger partial charge in [-0.2, -0.15) is 0 Å². The summed E-state index contributed by atoms with van der Waals surface area (Å²) < 4.78 is 0. The van der Waals surface area contributed by atoms with Crippen LogP contribution in [0.2, 0.25) is 10.0 Å². The van der Waals surface area contributed by atoms with E-state index in [0.29, 0.717) is 0 Å². The Morgan fingerprint density at radius 1 is 1.28 bits per heavy atom. The number of hydrogen-bond donors (Lipinski definition) is 1. The Morgan fingerprint density at radius 3 is 2.78 bits per heavy atom. The summed E-state index contributed by atoms with van der Waals surface area (Å²) in [4.78, 5) is 0. The molecule has 1 N–H and O–H groups in total. The summed E-state index contributed by atoms with van der Waals surface area (Å²) in [5.41, 5.74) is 2.63. The quantitative estimate of drug-likeness (QED) is 0.754. The normalized spacial score (nSPS) is 17.4. The van der Waals surface area contributed by atoms with E-state index >= 15 is 0 Å². The first-order chi connectivity index (χ1) is 8.70. The van der Waals surface area contributed by atoms with Crippen molar-refractivity contribution in [2.45, 2.75) is 38.1 Å². The van der Waals surface area contributed by atoms with E-state index in [2.05, 4.69) is 11.4 Å². The van der Waals surface area contributed by atoms with E-state index in [1.807, 2.05) is 25.2 Å². The lowest BCUT2D eigenvalue weighted by Crippen LogP contribution is -2.18. The number of benzene rings is 1. The fourth-order valence-electron chi connectivity index (χ4n) is 2.50. The van der Waals surface area contributed by atoms with Crippen LogP contribution in [0.5, 0.6) is 0 Å². The van der Waals surface area contributed by atoms with Crippen molar-refractivity contribution in [1.29, 1.82) is 0 Å². The molecule has 0 heterocycles. The van der Waals surface area contributed by atoms with Crippen molar-refractivity contribution in [2.24, 2.45) is 0 Å². The van der Waals surface area contributed by atoms with Gasteiger partial charge in [0.25, 0.3) is 0 Å². The van der Waals surface area contributed by atoms with Gasteiger partial charge in [-0.25, -0.2) is 0 Å². The first-order valence-corrected chi connectivity index (χ1v) is 7.26. The van der Waals surface area contributed by atoms with Crippen LogP contribution in [0.3, 0.4) is 0 Å². The molecule has 0 amide bonds. The molecule has 0 bridgehead atoms. The highest BCUT2D eigenvalue weighted by Crippen LogP contribution is 2.32. The Hall–Kier alpha value is -0.500. The maximum Gasteiger partial charge on any atom is 0.0454 e. The van der Waals surface area contributed by atoms with Crippen LogP contribution in [0, 0.1) is 0 Å². The SMILES string of the molecule is CNC(CC1=CCCCC1)c1cc(Cl)ccc1Cl. The molecule has 1 atom stereocenters. The maximum absolute atomic E-state index is 6.27. The van der Waals surface area contributed by atoms with Crippen LogP contribution in [0.1, 0.15) is 43.7 Å². The van der Waals surface area contributed by atoms with Crippen molar-refractivity contribution in [2.75, 3.05) is 7.05 Å². The van der Waals surface area contributed by atoms with Crippen molar-refractivity contribution in [3.63, 3.8) is 0 Å². The first kappa shape index (κ1) is 13.9. The molecule has 0 saturated heterocycles. The third-order valence-electron chi connectivity index (χ3n) is 3.53. The zero-order valence-electron chi connectivity index (χ0n) is 10.7. The van der Waals surface area contributed by atoms with Gasteiger partial charge in [0.05, 0.1) is 0 Å². The minimum atomic E-state index is 0.251. The third kappa shape index (κ3) is 3.50. The Morgan fingerprint density at radius 2 is 2.11 bits per heavy atom. The van der Waals surface area contributed by atoms with Gasteiger partial charge in [0.15, 0.2) is 0 Å². The number of allylic oxidation sites excluding steroid dienone is 1. The number of halogens is 2. The zero-order valence-corrected chi connectivity index (χ0v) is 12.2. The molecule has 0 fully saturated rings. The van der Waals surface area contributed by atoms with Gasteiger partial charge in [-0.15, -0.1) is 0 Å². The largest absolute Gasteiger partial charge is 0.313 e. The second-order valence-electron chi connectivity index (χ2n) is 4.82. The van der Waals surface area contributed by atoms with E-state index in [1.165, 1.54) is 31.3 Å². The summed E-state index contributed by atoms with van der Waals surface area (Å²) in [5.74, 6) is 0. The Kier molecular flexibility index (Phi) is 5.11. The molecular formula is C15H19Cl2N. The molecule has 1 aromatic rings. The Labute approximate surface area is 119 Å². The molecule has 0 aliphatic heterocycles. The highest BCUT2D eigenvalue weighted by molar-refractivity contribution is 6.33. The van der Waals surface area contributed by atoms with Crippen molar-refractivity contribution < 1.29 is 0 Å². The average molecular weight is 284 g/mol. The maximum atomic E-state index is 6.27. The lowest BCUT2D eigenvalue weighted by molar-refractivity contribution is 0.559. The van der Waals surface area contributed by atoms with Crippen LogP contribution in [-0.2, 0) is 0 Å². The number of hydrogen-bond acceptors (Lipinski definition) is 1. The standard InChI is InChI=1S/C15H19Cl2N/c1-18-15(9-11-5-3-2-4-6-11)13-10-12(16)7-8-14(13)17/h5,7-8,10,15,18H,2-4,6,9H2,1H3. The summed E-state index contributed by atoms with van der Waals surface area (Å²) in [6, 6.07) is 5.92. The molecule has 0 saturated carbocycles. The van der Waals surface area contributed by atoms with E-state index < -0.39 is 0 Å². The summed E-state index contributed by atoms with van der Waals surface area (Å²) in [7, 11) is 1.98. The van der Waals surface area contributed by atoms with E-state index in [0.717, 1.165) is 22.0 Å². The van der Waals surface area contributed by atoms with Gasteiger partial charge in [-0.1, -0.05) is 34.9 Å². The molecule has 0 spiro atoms. The summed E-state index contributed by atoms with van der Waals surface area (Å²) >= 11 is 12.3. The highest BCUT2D eigenvalue weighted by Gasteiger charge is 2.16. The predicted molar refractivity (Wildman–Crippen MR) is 79.4 cm³/mol. The van der Waals surface area contributed by atoms with E-state index in [9.17, 15) is 0 Å². The molecule has 1 aromatic carbocycles. The summed E-state index contributed by atoms with van der Waals surface area (Å²) in [5, 5.41) is 4.88. The van der Waals surface area contributed by atoms with E-state index in [4.69, 9.17) is 23.2 Å². The van der Waals surface area contributed by atoms with Gasteiger partial charge >= 0.3 is 0 Å². The molecular weight excluding hydrogens is 265 g/mol. The molecule has 1 nitrogen and oxygen atoms in total. The van der Waals surface area contributed by atoms with Gasteiger partial charge in [-0.3, -0.25) is 0 Å². The highest BCUT2D eigenvalue weighted by atomic mass is 35.5. The molecule has 1 unspecified atom stereocenters. The number of nitrogens with one attached hydrogen (secondary N) is 1. The molecule has 1 aliphatic rings. The van der Waals surface area contributed by atoms with Crippen LogP contribution in [0.15, 0.2) is 29.8 Å². The fourth-order valence-corrected chi connectivity index (χ4v) is 2.93. The molecule has 3 heteroatoms. The second-order valence-corrected chi connectivity index (χ2v) is 5.66. The molecule has 0 radical (unpaired) electrons. The Bertz CT molecular complexity index is 440. The van der Waals surface area contributed by atoms with E-state index in [1.54, 1.807) is 0 Å². The van der Waals surface area contributed by atoms with Crippen molar-refractivity contribution >= 4 is 23.2 Å².